The van der Waals surface area contributed by atoms with Gasteiger partial charge in [-0.2, -0.15) is 0 Å². The molecular weight excluding hydrogens is 312 g/mol. The number of carbonyl (C=O) groups is 1. The first kappa shape index (κ1) is 17.1. The summed E-state index contributed by atoms with van der Waals surface area (Å²) in [7, 11) is 4.55. The minimum Gasteiger partial charge on any atom is -0.493 e. The zero-order valence-electron chi connectivity index (χ0n) is 13.6. The Labute approximate surface area is 139 Å². The van der Waals surface area contributed by atoms with E-state index < -0.39 is 6.09 Å². The molecule has 2 aromatic carbocycles. The first-order valence-corrected chi connectivity index (χ1v) is 7.04. The molecule has 0 fully saturated rings. The largest absolute Gasteiger partial charge is 0.493 e. The summed E-state index contributed by atoms with van der Waals surface area (Å²) in [5, 5.41) is 6.20. The summed E-state index contributed by atoms with van der Waals surface area (Å²) in [6, 6.07) is 12.3. The Kier molecular flexibility index (Phi) is 6.01. The Hall–Kier alpha value is -3.22. The SMILES string of the molecule is COc1cc(/C=N/OC(=O)Nc2ccccc2)cc(OC)c1OC. The Morgan fingerprint density at radius 3 is 2.17 bits per heavy atom. The highest BCUT2D eigenvalue weighted by atomic mass is 16.7. The van der Waals surface area contributed by atoms with E-state index in [4.69, 9.17) is 19.0 Å². The van der Waals surface area contributed by atoms with E-state index in [-0.39, 0.29) is 0 Å². The van der Waals surface area contributed by atoms with Crippen molar-refractivity contribution in [2.45, 2.75) is 0 Å². The number of methoxy groups -OCH3 is 3. The predicted molar refractivity (Wildman–Crippen MR) is 90.2 cm³/mol. The van der Waals surface area contributed by atoms with Crippen LogP contribution in [-0.4, -0.2) is 33.6 Å². The van der Waals surface area contributed by atoms with Gasteiger partial charge in [-0.1, -0.05) is 23.4 Å². The lowest BCUT2D eigenvalue weighted by Gasteiger charge is -2.12. The third kappa shape index (κ3) is 4.39. The number of nitrogens with zero attached hydrogens (tertiary/aromatic N) is 1. The summed E-state index contributed by atoms with van der Waals surface area (Å²) in [6.07, 6.45) is 0.680. The molecule has 24 heavy (non-hydrogen) atoms. The van der Waals surface area contributed by atoms with Gasteiger partial charge >= 0.3 is 6.09 Å². The monoisotopic (exact) mass is 330 g/mol. The molecule has 0 aromatic heterocycles. The summed E-state index contributed by atoms with van der Waals surface area (Å²) < 4.78 is 15.7. The van der Waals surface area contributed by atoms with Crippen molar-refractivity contribution in [2.75, 3.05) is 26.6 Å². The molecule has 1 N–H and O–H groups in total. The predicted octanol–water partition coefficient (Wildman–Crippen LogP) is 3.30. The van der Waals surface area contributed by atoms with Crippen LogP contribution in [0.15, 0.2) is 47.6 Å². The van der Waals surface area contributed by atoms with Crippen LogP contribution in [0.2, 0.25) is 0 Å². The fourth-order valence-electron chi connectivity index (χ4n) is 1.97. The molecule has 1 amide bonds. The molecule has 0 heterocycles. The van der Waals surface area contributed by atoms with E-state index in [1.54, 1.807) is 36.4 Å². The number of benzene rings is 2. The molecule has 2 aromatic rings. The first-order chi connectivity index (χ1) is 11.7. The highest BCUT2D eigenvalue weighted by Gasteiger charge is 2.12. The fraction of sp³-hybridized carbons (Fsp3) is 0.176. The van der Waals surface area contributed by atoms with Crippen LogP contribution in [0.3, 0.4) is 0 Å². The lowest BCUT2D eigenvalue weighted by atomic mass is 10.2. The number of ether oxygens (including phenoxy) is 3. The third-order valence-electron chi connectivity index (χ3n) is 3.04. The van der Waals surface area contributed by atoms with E-state index in [1.807, 2.05) is 6.07 Å². The number of para-hydroxylation sites is 1. The topological polar surface area (TPSA) is 78.4 Å². The number of carbonyl (C=O) groups excluding carboxylic acids is 1. The second kappa shape index (κ2) is 8.42. The van der Waals surface area contributed by atoms with E-state index >= 15 is 0 Å². The maximum absolute atomic E-state index is 11.6. The third-order valence-corrected chi connectivity index (χ3v) is 3.04. The van der Waals surface area contributed by atoms with E-state index in [1.165, 1.54) is 27.5 Å². The molecule has 0 spiro atoms. The first-order valence-electron chi connectivity index (χ1n) is 7.04. The van der Waals surface area contributed by atoms with Gasteiger partial charge in [0.05, 0.1) is 27.5 Å². The van der Waals surface area contributed by atoms with Crippen molar-refractivity contribution >= 4 is 18.0 Å². The number of oxime groups is 1. The summed E-state index contributed by atoms with van der Waals surface area (Å²) in [4.78, 5) is 16.4. The second-order valence-electron chi connectivity index (χ2n) is 4.56. The second-order valence-corrected chi connectivity index (χ2v) is 4.56. The molecule has 0 saturated heterocycles. The highest BCUT2D eigenvalue weighted by molar-refractivity contribution is 5.86. The molecule has 126 valence electrons. The quantitative estimate of drug-likeness (QED) is 0.499. The molecule has 0 aliphatic rings. The summed E-state index contributed by atoms with van der Waals surface area (Å²) in [5.41, 5.74) is 1.24. The van der Waals surface area contributed by atoms with Gasteiger partial charge < -0.3 is 14.2 Å². The molecule has 2 rings (SSSR count). The van der Waals surface area contributed by atoms with Crippen molar-refractivity contribution < 1.29 is 23.8 Å². The van der Waals surface area contributed by atoms with Crippen molar-refractivity contribution in [3.63, 3.8) is 0 Å². The van der Waals surface area contributed by atoms with Crippen molar-refractivity contribution in [1.29, 1.82) is 0 Å². The Morgan fingerprint density at radius 2 is 1.62 bits per heavy atom. The number of rotatable bonds is 6. The molecule has 0 bridgehead atoms. The molecule has 0 atom stereocenters. The summed E-state index contributed by atoms with van der Waals surface area (Å²) >= 11 is 0. The Bertz CT molecular complexity index is 691. The van der Waals surface area contributed by atoms with Crippen LogP contribution >= 0.6 is 0 Å². The molecular formula is C17H18N2O5. The van der Waals surface area contributed by atoms with Gasteiger partial charge in [-0.25, -0.2) is 4.79 Å². The van der Waals surface area contributed by atoms with E-state index in [2.05, 4.69) is 10.5 Å². The number of hydrogen-bond donors (Lipinski definition) is 1. The smallest absolute Gasteiger partial charge is 0.437 e. The van der Waals surface area contributed by atoms with Crippen molar-refractivity contribution in [3.05, 3.63) is 48.0 Å². The number of nitrogens with one attached hydrogen (secondary N) is 1. The Balaban J connectivity index is 2.04. The van der Waals surface area contributed by atoms with Gasteiger partial charge in [0, 0.05) is 11.3 Å². The number of anilines is 1. The molecule has 0 saturated carbocycles. The normalized spacial score (nSPS) is 10.3. The van der Waals surface area contributed by atoms with Crippen LogP contribution in [-0.2, 0) is 4.84 Å². The minimum atomic E-state index is -0.690. The van der Waals surface area contributed by atoms with Gasteiger partial charge in [0.15, 0.2) is 11.5 Å². The zero-order valence-corrected chi connectivity index (χ0v) is 13.6. The van der Waals surface area contributed by atoms with Crippen molar-refractivity contribution in [1.82, 2.24) is 0 Å². The lowest BCUT2D eigenvalue weighted by Crippen LogP contribution is -2.10. The minimum absolute atomic E-state index is 0.472. The van der Waals surface area contributed by atoms with Gasteiger partial charge in [0.1, 0.15) is 0 Å². The maximum atomic E-state index is 11.6. The molecule has 0 aliphatic heterocycles. The zero-order chi connectivity index (χ0) is 17.4. The lowest BCUT2D eigenvalue weighted by molar-refractivity contribution is 0.167. The standard InChI is InChI=1S/C17H18N2O5/c1-21-14-9-12(10-15(22-2)16(14)23-3)11-18-24-17(20)19-13-7-5-4-6-8-13/h4-11H,1-3H3,(H,19,20)/b18-11+. The van der Waals surface area contributed by atoms with Gasteiger partial charge in [-0.3, -0.25) is 10.2 Å². The van der Waals surface area contributed by atoms with Crippen molar-refractivity contribution in [3.8, 4) is 17.2 Å². The molecule has 7 heteroatoms. The maximum Gasteiger partial charge on any atom is 0.437 e. The van der Waals surface area contributed by atoms with Gasteiger partial charge in [0.25, 0.3) is 0 Å². The molecule has 0 radical (unpaired) electrons. The van der Waals surface area contributed by atoms with E-state index in [9.17, 15) is 4.79 Å². The van der Waals surface area contributed by atoms with E-state index in [0.717, 1.165) is 0 Å². The summed E-state index contributed by atoms with van der Waals surface area (Å²) in [6.45, 7) is 0. The van der Waals surface area contributed by atoms with Crippen LogP contribution in [0.1, 0.15) is 5.56 Å². The van der Waals surface area contributed by atoms with Gasteiger partial charge in [-0.15, -0.1) is 0 Å². The number of amides is 1. The average Bonchev–Trinajstić information content (AvgIpc) is 2.61. The van der Waals surface area contributed by atoms with Gasteiger partial charge in [0.2, 0.25) is 5.75 Å². The Morgan fingerprint density at radius 1 is 1.00 bits per heavy atom. The van der Waals surface area contributed by atoms with Crippen LogP contribution < -0.4 is 19.5 Å². The van der Waals surface area contributed by atoms with Crippen LogP contribution in [0.4, 0.5) is 10.5 Å². The molecule has 7 nitrogen and oxygen atoms in total. The fourth-order valence-corrected chi connectivity index (χ4v) is 1.97. The highest BCUT2D eigenvalue weighted by Crippen LogP contribution is 2.37. The molecule has 0 aliphatic carbocycles. The summed E-state index contributed by atoms with van der Waals surface area (Å²) in [5.74, 6) is 1.43. The van der Waals surface area contributed by atoms with Crippen LogP contribution in [0.5, 0.6) is 17.2 Å². The number of hydrogen-bond acceptors (Lipinski definition) is 6. The van der Waals surface area contributed by atoms with E-state index in [0.29, 0.717) is 28.5 Å². The van der Waals surface area contributed by atoms with Crippen LogP contribution in [0, 0.1) is 0 Å². The van der Waals surface area contributed by atoms with Crippen LogP contribution in [0.25, 0.3) is 0 Å². The molecule has 0 unspecified atom stereocenters. The van der Waals surface area contributed by atoms with Gasteiger partial charge in [-0.05, 0) is 24.3 Å². The average molecular weight is 330 g/mol. The van der Waals surface area contributed by atoms with Crippen molar-refractivity contribution in [2.24, 2.45) is 5.16 Å².